The quantitative estimate of drug-likeness (QED) is 0.758. The summed E-state index contributed by atoms with van der Waals surface area (Å²) in [5, 5.41) is -0.0665. The Morgan fingerprint density at radius 2 is 2.12 bits per heavy atom. The lowest BCUT2D eigenvalue weighted by atomic mass is 10.1. The fourth-order valence-corrected chi connectivity index (χ4v) is 1.80. The topological polar surface area (TPSA) is 29.5 Å². The molecule has 0 bridgehead atoms. The maximum absolute atomic E-state index is 12.2. The molecule has 0 aliphatic heterocycles. The van der Waals surface area contributed by atoms with Crippen molar-refractivity contribution in [2.75, 3.05) is 20.2 Å². The van der Waals surface area contributed by atoms with Crippen LogP contribution in [-0.4, -0.2) is 36.4 Å². The molecule has 0 aliphatic rings. The Kier molecular flexibility index (Phi) is 5.29. The van der Waals surface area contributed by atoms with Gasteiger partial charge in [-0.15, -0.1) is 11.6 Å². The van der Waals surface area contributed by atoms with E-state index >= 15 is 0 Å². The number of benzene rings is 1. The van der Waals surface area contributed by atoms with Gasteiger partial charge in [-0.25, -0.2) is 0 Å². The van der Waals surface area contributed by atoms with E-state index in [1.165, 1.54) is 0 Å². The zero-order chi connectivity index (χ0) is 12.8. The van der Waals surface area contributed by atoms with Crippen molar-refractivity contribution in [2.24, 2.45) is 0 Å². The van der Waals surface area contributed by atoms with Crippen molar-refractivity contribution in [3.05, 3.63) is 29.8 Å². The van der Waals surface area contributed by atoms with Crippen molar-refractivity contribution >= 4 is 17.5 Å². The van der Waals surface area contributed by atoms with Gasteiger partial charge in [0.05, 0.1) is 12.2 Å². The fourth-order valence-electron chi connectivity index (χ4n) is 1.59. The van der Waals surface area contributed by atoms with Gasteiger partial charge < -0.3 is 9.64 Å². The molecule has 1 rings (SSSR count). The molecule has 0 aliphatic carbocycles. The molecule has 0 saturated heterocycles. The smallest absolute Gasteiger partial charge is 0.257 e. The number of hydrogen-bond acceptors (Lipinski definition) is 2. The predicted octanol–water partition coefficient (Wildman–Crippen LogP) is 2.78. The van der Waals surface area contributed by atoms with Gasteiger partial charge in [0, 0.05) is 19.0 Å². The summed E-state index contributed by atoms with van der Waals surface area (Å²) in [5.41, 5.74) is 0.578. The fraction of sp³-hybridized carbons (Fsp3) is 0.462. The minimum atomic E-state index is -0.0680. The summed E-state index contributed by atoms with van der Waals surface area (Å²) in [4.78, 5) is 13.8. The molecule has 1 aromatic carbocycles. The molecular weight excluding hydrogens is 238 g/mol. The number of carbonyl (C=O) groups is 1. The number of ether oxygens (including phenoxy) is 1. The minimum absolute atomic E-state index is 0.0665. The minimum Gasteiger partial charge on any atom is -0.493 e. The van der Waals surface area contributed by atoms with Gasteiger partial charge in [-0.1, -0.05) is 12.1 Å². The number of alkyl halides is 1. The molecule has 1 atom stereocenters. The average Bonchev–Trinajstić information content (AvgIpc) is 2.28. The normalized spacial score (nSPS) is 12.0. The van der Waals surface area contributed by atoms with E-state index < -0.39 is 0 Å². The molecule has 1 unspecified atom stereocenters. The van der Waals surface area contributed by atoms with Crippen molar-refractivity contribution in [1.29, 1.82) is 0 Å². The van der Waals surface area contributed by atoms with Crippen molar-refractivity contribution in [3.8, 4) is 5.75 Å². The molecule has 0 N–H and O–H groups in total. The van der Waals surface area contributed by atoms with Crippen LogP contribution in [0.15, 0.2) is 24.3 Å². The number of carbonyl (C=O) groups excluding carboxylic acids is 1. The molecule has 0 spiro atoms. The van der Waals surface area contributed by atoms with Gasteiger partial charge in [0.25, 0.3) is 5.91 Å². The maximum atomic E-state index is 12.2. The van der Waals surface area contributed by atoms with E-state index in [4.69, 9.17) is 16.3 Å². The number of para-hydroxylation sites is 1. The second-order valence-corrected chi connectivity index (χ2v) is 4.64. The predicted molar refractivity (Wildman–Crippen MR) is 69.9 cm³/mol. The molecule has 3 nitrogen and oxygen atoms in total. The number of amides is 1. The summed E-state index contributed by atoms with van der Waals surface area (Å²) >= 11 is 5.88. The Morgan fingerprint density at radius 1 is 1.47 bits per heavy atom. The second-order valence-electron chi connectivity index (χ2n) is 3.90. The van der Waals surface area contributed by atoms with Crippen LogP contribution < -0.4 is 4.74 Å². The zero-order valence-corrected chi connectivity index (χ0v) is 11.2. The third-order valence-electron chi connectivity index (χ3n) is 2.29. The van der Waals surface area contributed by atoms with Crippen LogP contribution >= 0.6 is 11.6 Å². The Hall–Kier alpha value is -1.22. The number of rotatable bonds is 5. The lowest BCUT2D eigenvalue weighted by molar-refractivity contribution is 0.0792. The highest BCUT2D eigenvalue weighted by molar-refractivity contribution is 6.20. The standard InChI is InChI=1S/C13H18ClNO2/c1-4-17-12-8-6-5-7-11(12)13(16)15(3)9-10(2)14/h5-8,10H,4,9H2,1-3H3. The Bertz CT molecular complexity index is 379. The molecule has 0 fully saturated rings. The summed E-state index contributed by atoms with van der Waals surface area (Å²) in [6.45, 7) is 4.81. The van der Waals surface area contributed by atoms with Crippen molar-refractivity contribution in [2.45, 2.75) is 19.2 Å². The monoisotopic (exact) mass is 255 g/mol. The third-order valence-corrected chi connectivity index (χ3v) is 2.43. The largest absolute Gasteiger partial charge is 0.493 e. The van der Waals surface area contributed by atoms with Gasteiger partial charge in [0.2, 0.25) is 0 Å². The van der Waals surface area contributed by atoms with E-state index in [1.54, 1.807) is 24.1 Å². The Morgan fingerprint density at radius 3 is 2.71 bits per heavy atom. The summed E-state index contributed by atoms with van der Waals surface area (Å²) in [6, 6.07) is 7.25. The Balaban J connectivity index is 2.87. The number of hydrogen-bond donors (Lipinski definition) is 0. The highest BCUT2D eigenvalue weighted by Crippen LogP contribution is 2.19. The Labute approximate surface area is 107 Å². The molecule has 0 aromatic heterocycles. The van der Waals surface area contributed by atoms with Gasteiger partial charge in [-0.2, -0.15) is 0 Å². The van der Waals surface area contributed by atoms with Crippen LogP contribution in [0.2, 0.25) is 0 Å². The van der Waals surface area contributed by atoms with E-state index in [0.717, 1.165) is 0 Å². The molecule has 0 radical (unpaired) electrons. The van der Waals surface area contributed by atoms with Crippen LogP contribution in [0.5, 0.6) is 5.75 Å². The molecule has 0 heterocycles. The first-order valence-electron chi connectivity index (χ1n) is 5.67. The van der Waals surface area contributed by atoms with Crippen LogP contribution in [0.1, 0.15) is 24.2 Å². The van der Waals surface area contributed by atoms with Crippen LogP contribution in [0.25, 0.3) is 0 Å². The molecule has 17 heavy (non-hydrogen) atoms. The van der Waals surface area contributed by atoms with Crippen LogP contribution in [0, 0.1) is 0 Å². The van der Waals surface area contributed by atoms with E-state index in [-0.39, 0.29) is 11.3 Å². The molecule has 1 amide bonds. The van der Waals surface area contributed by atoms with Crippen molar-refractivity contribution < 1.29 is 9.53 Å². The second kappa shape index (κ2) is 6.50. The molecule has 0 saturated carbocycles. The zero-order valence-electron chi connectivity index (χ0n) is 10.4. The third kappa shape index (κ3) is 3.93. The molecule has 1 aromatic rings. The van der Waals surface area contributed by atoms with Gasteiger partial charge in [0.15, 0.2) is 0 Å². The van der Waals surface area contributed by atoms with E-state index in [1.807, 2.05) is 26.0 Å². The number of nitrogens with zero attached hydrogens (tertiary/aromatic N) is 1. The van der Waals surface area contributed by atoms with Crippen LogP contribution in [0.4, 0.5) is 0 Å². The van der Waals surface area contributed by atoms with E-state index in [9.17, 15) is 4.79 Å². The van der Waals surface area contributed by atoms with Crippen molar-refractivity contribution in [3.63, 3.8) is 0 Å². The lowest BCUT2D eigenvalue weighted by Gasteiger charge is -2.19. The summed E-state index contributed by atoms with van der Waals surface area (Å²) in [5.74, 6) is 0.552. The summed E-state index contributed by atoms with van der Waals surface area (Å²) in [6.07, 6.45) is 0. The first-order chi connectivity index (χ1) is 8.06. The van der Waals surface area contributed by atoms with Gasteiger partial charge in [-0.05, 0) is 26.0 Å². The summed E-state index contributed by atoms with van der Waals surface area (Å²) < 4.78 is 5.43. The molecule has 94 valence electrons. The maximum Gasteiger partial charge on any atom is 0.257 e. The highest BCUT2D eigenvalue weighted by Gasteiger charge is 2.17. The van der Waals surface area contributed by atoms with Crippen molar-refractivity contribution in [1.82, 2.24) is 4.90 Å². The SMILES string of the molecule is CCOc1ccccc1C(=O)N(C)CC(C)Cl. The van der Waals surface area contributed by atoms with Gasteiger partial charge in [0.1, 0.15) is 5.75 Å². The molecule has 4 heteroatoms. The van der Waals surface area contributed by atoms with Gasteiger partial charge in [-0.3, -0.25) is 4.79 Å². The highest BCUT2D eigenvalue weighted by atomic mass is 35.5. The summed E-state index contributed by atoms with van der Waals surface area (Å²) in [7, 11) is 1.74. The van der Waals surface area contributed by atoms with E-state index in [2.05, 4.69) is 0 Å². The van der Waals surface area contributed by atoms with E-state index in [0.29, 0.717) is 24.5 Å². The lowest BCUT2D eigenvalue weighted by Crippen LogP contribution is -2.31. The van der Waals surface area contributed by atoms with Crippen LogP contribution in [-0.2, 0) is 0 Å². The average molecular weight is 256 g/mol. The first kappa shape index (κ1) is 13.8. The van der Waals surface area contributed by atoms with Gasteiger partial charge >= 0.3 is 0 Å². The molecular formula is C13H18ClNO2. The first-order valence-corrected chi connectivity index (χ1v) is 6.11. The number of halogens is 1. The van der Waals surface area contributed by atoms with Crippen LogP contribution in [0.3, 0.4) is 0 Å².